The van der Waals surface area contributed by atoms with Crippen molar-refractivity contribution in [2.45, 2.75) is 19.9 Å². The number of aromatic nitrogens is 2. The largest absolute Gasteiger partial charge is 0.477 e. The van der Waals surface area contributed by atoms with Crippen molar-refractivity contribution in [3.8, 4) is 0 Å². The first-order valence-electron chi connectivity index (χ1n) is 6.62. The second kappa shape index (κ2) is 6.21. The van der Waals surface area contributed by atoms with E-state index in [1.807, 2.05) is 24.3 Å². The molecule has 2 N–H and O–H groups in total. The van der Waals surface area contributed by atoms with Crippen molar-refractivity contribution < 1.29 is 14.7 Å². The number of amides is 1. The number of H-pyrrole nitrogens is 1. The minimum atomic E-state index is -1.20. The lowest BCUT2D eigenvalue weighted by Gasteiger charge is -2.16. The van der Waals surface area contributed by atoms with Crippen molar-refractivity contribution >= 4 is 11.9 Å². The molecule has 0 unspecified atom stereocenters. The SMILES string of the molecule is CCc1ccc(CN(C)C(=O)c2nc[nH]c2C(=O)O)cc1. The molecule has 6 heteroatoms. The number of aromatic amines is 1. The van der Waals surface area contributed by atoms with E-state index in [9.17, 15) is 9.59 Å². The van der Waals surface area contributed by atoms with Crippen LogP contribution in [0.15, 0.2) is 30.6 Å². The first-order chi connectivity index (χ1) is 10.0. The van der Waals surface area contributed by atoms with E-state index in [4.69, 9.17) is 5.11 Å². The number of benzene rings is 1. The molecule has 2 rings (SSSR count). The van der Waals surface area contributed by atoms with Crippen molar-refractivity contribution in [2.24, 2.45) is 0 Å². The standard InChI is InChI=1S/C15H17N3O3/c1-3-10-4-6-11(7-5-10)8-18(2)14(19)12-13(15(20)21)17-9-16-12/h4-7,9H,3,8H2,1-2H3,(H,16,17)(H,20,21). The highest BCUT2D eigenvalue weighted by molar-refractivity contribution is 6.02. The van der Waals surface area contributed by atoms with Gasteiger partial charge in [0, 0.05) is 13.6 Å². The van der Waals surface area contributed by atoms with Crippen LogP contribution >= 0.6 is 0 Å². The molecule has 0 atom stereocenters. The Bertz CT molecular complexity index is 646. The highest BCUT2D eigenvalue weighted by Crippen LogP contribution is 2.11. The van der Waals surface area contributed by atoms with E-state index >= 15 is 0 Å². The van der Waals surface area contributed by atoms with Crippen molar-refractivity contribution in [2.75, 3.05) is 7.05 Å². The highest BCUT2D eigenvalue weighted by Gasteiger charge is 2.22. The Labute approximate surface area is 122 Å². The van der Waals surface area contributed by atoms with Gasteiger partial charge in [-0.3, -0.25) is 4.79 Å². The molecule has 1 amide bonds. The van der Waals surface area contributed by atoms with Crippen LogP contribution in [0.2, 0.25) is 0 Å². The molecule has 1 aromatic carbocycles. The van der Waals surface area contributed by atoms with Crippen LogP contribution in [0, 0.1) is 0 Å². The summed E-state index contributed by atoms with van der Waals surface area (Å²) in [6.07, 6.45) is 2.17. The molecule has 0 fully saturated rings. The molecule has 0 aliphatic rings. The zero-order valence-corrected chi connectivity index (χ0v) is 12.0. The summed E-state index contributed by atoms with van der Waals surface area (Å²) in [5.74, 6) is -1.62. The van der Waals surface area contributed by atoms with Gasteiger partial charge in [0.15, 0.2) is 11.4 Å². The first kappa shape index (κ1) is 14.8. The second-order valence-electron chi connectivity index (χ2n) is 4.76. The third-order valence-electron chi connectivity index (χ3n) is 3.25. The lowest BCUT2D eigenvalue weighted by molar-refractivity contribution is 0.0674. The Hall–Kier alpha value is -2.63. The van der Waals surface area contributed by atoms with Crippen molar-refractivity contribution in [1.82, 2.24) is 14.9 Å². The van der Waals surface area contributed by atoms with Gasteiger partial charge in [0.1, 0.15) is 0 Å². The van der Waals surface area contributed by atoms with E-state index in [1.165, 1.54) is 16.8 Å². The van der Waals surface area contributed by atoms with Crippen LogP contribution in [-0.2, 0) is 13.0 Å². The summed E-state index contributed by atoms with van der Waals surface area (Å²) >= 11 is 0. The Morgan fingerprint density at radius 3 is 2.43 bits per heavy atom. The number of aryl methyl sites for hydroxylation is 1. The van der Waals surface area contributed by atoms with E-state index in [0.717, 1.165) is 12.0 Å². The molecular weight excluding hydrogens is 270 g/mol. The Kier molecular flexibility index (Phi) is 4.37. The van der Waals surface area contributed by atoms with Crippen molar-refractivity contribution in [3.63, 3.8) is 0 Å². The number of nitrogens with one attached hydrogen (secondary N) is 1. The van der Waals surface area contributed by atoms with Gasteiger partial charge in [-0.05, 0) is 17.5 Å². The van der Waals surface area contributed by atoms with Crippen molar-refractivity contribution in [1.29, 1.82) is 0 Å². The lowest BCUT2D eigenvalue weighted by Crippen LogP contribution is -2.28. The Balaban J connectivity index is 2.11. The summed E-state index contributed by atoms with van der Waals surface area (Å²) in [4.78, 5) is 30.9. The molecule has 0 bridgehead atoms. The molecule has 6 nitrogen and oxygen atoms in total. The van der Waals surface area contributed by atoms with E-state index in [2.05, 4.69) is 16.9 Å². The summed E-state index contributed by atoms with van der Waals surface area (Å²) < 4.78 is 0. The van der Waals surface area contributed by atoms with E-state index in [-0.39, 0.29) is 11.4 Å². The third kappa shape index (κ3) is 3.28. The van der Waals surface area contributed by atoms with Crippen LogP contribution in [0.1, 0.15) is 39.0 Å². The molecule has 0 aliphatic carbocycles. The van der Waals surface area contributed by atoms with E-state index in [0.29, 0.717) is 6.54 Å². The maximum absolute atomic E-state index is 12.2. The summed E-state index contributed by atoms with van der Waals surface area (Å²) in [5, 5.41) is 8.99. The zero-order valence-electron chi connectivity index (χ0n) is 12.0. The van der Waals surface area contributed by atoms with Crippen LogP contribution in [0.5, 0.6) is 0 Å². The van der Waals surface area contributed by atoms with E-state index in [1.54, 1.807) is 7.05 Å². The predicted octanol–water partition coefficient (Wildman–Crippen LogP) is 1.94. The minimum absolute atomic E-state index is 0.0739. The van der Waals surface area contributed by atoms with Gasteiger partial charge in [0.25, 0.3) is 5.91 Å². The number of aromatic carboxylic acids is 1. The number of rotatable bonds is 5. The maximum Gasteiger partial charge on any atom is 0.354 e. The predicted molar refractivity (Wildman–Crippen MR) is 77.2 cm³/mol. The number of imidazole rings is 1. The van der Waals surface area contributed by atoms with Crippen LogP contribution < -0.4 is 0 Å². The maximum atomic E-state index is 12.2. The highest BCUT2D eigenvalue weighted by atomic mass is 16.4. The molecule has 0 spiro atoms. The van der Waals surface area contributed by atoms with Crippen LogP contribution in [0.25, 0.3) is 0 Å². The third-order valence-corrected chi connectivity index (χ3v) is 3.25. The fourth-order valence-electron chi connectivity index (χ4n) is 2.03. The molecule has 110 valence electrons. The van der Waals surface area contributed by atoms with Gasteiger partial charge in [-0.25, -0.2) is 9.78 Å². The Morgan fingerprint density at radius 2 is 1.86 bits per heavy atom. The lowest BCUT2D eigenvalue weighted by atomic mass is 10.1. The molecule has 0 saturated heterocycles. The zero-order chi connectivity index (χ0) is 15.4. The molecule has 0 radical (unpaired) electrons. The number of carboxylic acid groups (broad SMARTS) is 1. The molecule has 0 saturated carbocycles. The normalized spacial score (nSPS) is 10.4. The number of carbonyl (C=O) groups excluding carboxylic acids is 1. The summed E-state index contributed by atoms with van der Waals surface area (Å²) in [7, 11) is 1.62. The van der Waals surface area contributed by atoms with Crippen LogP contribution in [0.3, 0.4) is 0 Å². The molecule has 1 aromatic heterocycles. The number of hydrogen-bond acceptors (Lipinski definition) is 3. The average molecular weight is 287 g/mol. The van der Waals surface area contributed by atoms with Gasteiger partial charge in [0.05, 0.1) is 6.33 Å². The fraction of sp³-hybridized carbons (Fsp3) is 0.267. The molecule has 1 heterocycles. The smallest absolute Gasteiger partial charge is 0.354 e. The number of nitrogens with zero attached hydrogens (tertiary/aromatic N) is 2. The summed E-state index contributed by atoms with van der Waals surface area (Å²) in [6, 6.07) is 7.96. The molecule has 0 aliphatic heterocycles. The van der Waals surface area contributed by atoms with Gasteiger partial charge >= 0.3 is 5.97 Å². The fourth-order valence-corrected chi connectivity index (χ4v) is 2.03. The topological polar surface area (TPSA) is 86.3 Å². The van der Waals surface area contributed by atoms with Crippen molar-refractivity contribution in [3.05, 3.63) is 53.1 Å². The van der Waals surface area contributed by atoms with Gasteiger partial charge < -0.3 is 15.0 Å². The van der Waals surface area contributed by atoms with Gasteiger partial charge in [-0.1, -0.05) is 31.2 Å². The second-order valence-corrected chi connectivity index (χ2v) is 4.76. The van der Waals surface area contributed by atoms with Gasteiger partial charge in [-0.2, -0.15) is 0 Å². The van der Waals surface area contributed by atoms with Gasteiger partial charge in [-0.15, -0.1) is 0 Å². The van der Waals surface area contributed by atoms with Crippen LogP contribution in [-0.4, -0.2) is 38.9 Å². The summed E-state index contributed by atoms with van der Waals surface area (Å²) in [5.41, 5.74) is 1.95. The molecular formula is C15H17N3O3. The van der Waals surface area contributed by atoms with Gasteiger partial charge in [0.2, 0.25) is 0 Å². The monoisotopic (exact) mass is 287 g/mol. The van der Waals surface area contributed by atoms with Crippen LogP contribution in [0.4, 0.5) is 0 Å². The number of carbonyl (C=O) groups is 2. The summed E-state index contributed by atoms with van der Waals surface area (Å²) in [6.45, 7) is 2.48. The quantitative estimate of drug-likeness (QED) is 0.880. The average Bonchev–Trinajstić information content (AvgIpc) is 2.96. The number of hydrogen-bond donors (Lipinski definition) is 2. The molecule has 21 heavy (non-hydrogen) atoms. The minimum Gasteiger partial charge on any atom is -0.477 e. The Morgan fingerprint density at radius 1 is 1.24 bits per heavy atom. The molecule has 2 aromatic rings. The first-order valence-corrected chi connectivity index (χ1v) is 6.62. The number of carboxylic acids is 1. The van der Waals surface area contributed by atoms with E-state index < -0.39 is 11.9 Å².